The molecule has 1 fully saturated rings. The third kappa shape index (κ3) is 3.80. The van der Waals surface area contributed by atoms with Crippen molar-refractivity contribution in [3.8, 4) is 0 Å². The molecule has 3 heterocycles. The van der Waals surface area contributed by atoms with Gasteiger partial charge in [0, 0.05) is 22.7 Å². The number of aryl methyl sites for hydroxylation is 1. The van der Waals surface area contributed by atoms with Crippen LogP contribution in [0.1, 0.15) is 55.5 Å². The molecule has 1 aliphatic rings. The Morgan fingerprint density at radius 2 is 1.97 bits per heavy atom. The second-order valence-corrected chi connectivity index (χ2v) is 10.3. The second-order valence-electron chi connectivity index (χ2n) is 9.27. The molecule has 3 aromatic heterocycles. The zero-order chi connectivity index (χ0) is 23.1. The Morgan fingerprint density at radius 3 is 2.73 bits per heavy atom. The van der Waals surface area contributed by atoms with Crippen LogP contribution in [0.3, 0.4) is 0 Å². The maximum Gasteiger partial charge on any atom is 0.264 e. The van der Waals surface area contributed by atoms with Crippen LogP contribution in [0.4, 0.5) is 0 Å². The maximum absolute atomic E-state index is 14.0. The van der Waals surface area contributed by atoms with Crippen molar-refractivity contribution in [1.82, 2.24) is 9.47 Å². The molecule has 0 unspecified atom stereocenters. The number of thiophene rings is 1. The lowest BCUT2D eigenvalue weighted by Gasteiger charge is -2.41. The monoisotopic (exact) mass is 462 g/mol. The first-order valence-electron chi connectivity index (χ1n) is 11.9. The number of para-hydroxylation sites is 1. The summed E-state index contributed by atoms with van der Waals surface area (Å²) in [6.45, 7) is 7.56. The first-order chi connectivity index (χ1) is 16.0. The van der Waals surface area contributed by atoms with Crippen LogP contribution in [0, 0.1) is 11.8 Å². The third-order valence-electron chi connectivity index (χ3n) is 7.41. The topological polar surface area (TPSA) is 55.5 Å². The van der Waals surface area contributed by atoms with E-state index < -0.39 is 0 Å². The number of amides is 1. The van der Waals surface area contributed by atoms with E-state index in [-0.39, 0.29) is 17.5 Å². The van der Waals surface area contributed by atoms with Crippen molar-refractivity contribution in [2.45, 2.75) is 59.2 Å². The summed E-state index contributed by atoms with van der Waals surface area (Å²) in [6.07, 6.45) is 4.97. The molecule has 6 heteroatoms. The van der Waals surface area contributed by atoms with Gasteiger partial charge in [-0.2, -0.15) is 0 Å². The van der Waals surface area contributed by atoms with E-state index in [0.29, 0.717) is 35.2 Å². The molecule has 1 amide bonds. The highest BCUT2D eigenvalue weighted by Gasteiger charge is 2.35. The van der Waals surface area contributed by atoms with Gasteiger partial charge in [-0.3, -0.25) is 9.59 Å². The zero-order valence-corrected chi connectivity index (χ0v) is 20.2. The van der Waals surface area contributed by atoms with Gasteiger partial charge in [-0.25, -0.2) is 0 Å². The minimum Gasteiger partial charge on any atom is -0.467 e. The minimum absolute atomic E-state index is 0.00919. The van der Waals surface area contributed by atoms with Gasteiger partial charge in [0.15, 0.2) is 0 Å². The van der Waals surface area contributed by atoms with Crippen LogP contribution < -0.4 is 5.56 Å². The number of benzene rings is 1. The summed E-state index contributed by atoms with van der Waals surface area (Å²) in [4.78, 5) is 29.9. The molecule has 0 spiro atoms. The van der Waals surface area contributed by atoms with E-state index in [0.717, 1.165) is 34.2 Å². The number of hydrogen-bond acceptors (Lipinski definition) is 4. The van der Waals surface area contributed by atoms with Gasteiger partial charge in [0.25, 0.3) is 11.5 Å². The van der Waals surface area contributed by atoms with Gasteiger partial charge in [-0.1, -0.05) is 44.9 Å². The summed E-state index contributed by atoms with van der Waals surface area (Å²) in [6, 6.07) is 13.7. The molecule has 0 saturated heterocycles. The van der Waals surface area contributed by atoms with Gasteiger partial charge in [0.1, 0.15) is 5.76 Å². The molecular weight excluding hydrogens is 432 g/mol. The number of hydrogen-bond donors (Lipinski definition) is 0. The van der Waals surface area contributed by atoms with Crippen molar-refractivity contribution in [2.75, 3.05) is 0 Å². The molecule has 3 atom stereocenters. The number of pyridine rings is 1. The van der Waals surface area contributed by atoms with Crippen LogP contribution >= 0.6 is 11.3 Å². The van der Waals surface area contributed by atoms with Crippen LogP contribution in [0.5, 0.6) is 0 Å². The lowest BCUT2D eigenvalue weighted by molar-refractivity contribution is 0.0432. The molecule has 5 rings (SSSR count). The van der Waals surface area contributed by atoms with Crippen LogP contribution in [-0.2, 0) is 13.1 Å². The summed E-state index contributed by atoms with van der Waals surface area (Å²) < 4.78 is 8.32. The van der Waals surface area contributed by atoms with E-state index in [2.05, 4.69) is 13.8 Å². The largest absolute Gasteiger partial charge is 0.467 e. The minimum atomic E-state index is -0.0289. The van der Waals surface area contributed by atoms with Gasteiger partial charge in [0.05, 0.1) is 28.6 Å². The predicted octanol–water partition coefficient (Wildman–Crippen LogP) is 6.30. The first-order valence-corrected chi connectivity index (χ1v) is 12.7. The lowest BCUT2D eigenvalue weighted by Crippen LogP contribution is -2.46. The number of carbonyl (C=O) groups is 1. The van der Waals surface area contributed by atoms with Gasteiger partial charge in [-0.15, -0.1) is 11.3 Å². The number of carbonyl (C=O) groups excluding carboxylic acids is 1. The van der Waals surface area contributed by atoms with E-state index in [9.17, 15) is 9.59 Å². The van der Waals surface area contributed by atoms with Crippen molar-refractivity contribution in [3.05, 3.63) is 69.7 Å². The summed E-state index contributed by atoms with van der Waals surface area (Å²) in [5, 5.41) is 1.65. The molecule has 1 saturated carbocycles. The number of nitrogens with zero attached hydrogens (tertiary/aromatic N) is 2. The molecule has 0 N–H and O–H groups in total. The molecule has 0 radical (unpaired) electrons. The predicted molar refractivity (Wildman–Crippen MR) is 134 cm³/mol. The van der Waals surface area contributed by atoms with E-state index in [4.69, 9.17) is 4.42 Å². The van der Waals surface area contributed by atoms with E-state index in [1.165, 1.54) is 17.8 Å². The van der Waals surface area contributed by atoms with Gasteiger partial charge >= 0.3 is 0 Å². The standard InChI is InChI=1S/C27H30N2O3S/c1-4-28-23-12-6-5-11-20(23)25-21(26(28)30)15-24(33-25)27(31)29(16-19-10-8-14-32-19)22-13-7-9-17(2)18(22)3/h5-6,8,10-12,14-15,17-18,22H,4,7,9,13,16H2,1-3H3/t17-,18+,22+/m0/s1. The average Bonchev–Trinajstić information content (AvgIpc) is 3.50. The highest BCUT2D eigenvalue weighted by atomic mass is 32.1. The Labute approximate surface area is 197 Å². The van der Waals surface area contributed by atoms with Crippen LogP contribution in [0.25, 0.3) is 21.0 Å². The first kappa shape index (κ1) is 22.0. The Morgan fingerprint density at radius 1 is 1.15 bits per heavy atom. The van der Waals surface area contributed by atoms with E-state index >= 15 is 0 Å². The van der Waals surface area contributed by atoms with E-state index in [1.54, 1.807) is 10.8 Å². The van der Waals surface area contributed by atoms with Crippen molar-refractivity contribution in [2.24, 2.45) is 11.8 Å². The smallest absolute Gasteiger partial charge is 0.264 e. The number of aromatic nitrogens is 1. The Kier molecular flexibility index (Phi) is 5.87. The zero-order valence-electron chi connectivity index (χ0n) is 19.4. The second kappa shape index (κ2) is 8.82. The third-order valence-corrected chi connectivity index (χ3v) is 8.56. The average molecular weight is 463 g/mol. The van der Waals surface area contributed by atoms with Crippen LogP contribution in [-0.4, -0.2) is 21.4 Å². The quantitative estimate of drug-likeness (QED) is 0.350. The molecule has 172 valence electrons. The normalized spacial score (nSPS) is 21.0. The molecule has 1 aromatic carbocycles. The van der Waals surface area contributed by atoms with Crippen molar-refractivity contribution >= 4 is 38.2 Å². The summed E-state index contributed by atoms with van der Waals surface area (Å²) in [5.74, 6) is 1.75. The number of rotatable bonds is 5. The van der Waals surface area contributed by atoms with Gasteiger partial charge in [-0.05, 0) is 49.4 Å². The fourth-order valence-electron chi connectivity index (χ4n) is 5.37. The van der Waals surface area contributed by atoms with Crippen LogP contribution in [0.2, 0.25) is 0 Å². The maximum atomic E-state index is 14.0. The molecule has 5 nitrogen and oxygen atoms in total. The van der Waals surface area contributed by atoms with Crippen molar-refractivity contribution in [1.29, 1.82) is 0 Å². The highest BCUT2D eigenvalue weighted by molar-refractivity contribution is 7.21. The molecule has 0 bridgehead atoms. The Hall–Kier alpha value is -2.86. The Bertz CT molecular complexity index is 1350. The lowest BCUT2D eigenvalue weighted by atomic mass is 9.77. The van der Waals surface area contributed by atoms with Crippen LogP contribution in [0.15, 0.2) is 57.9 Å². The van der Waals surface area contributed by atoms with Crippen molar-refractivity contribution in [3.63, 3.8) is 0 Å². The Balaban J connectivity index is 1.62. The summed E-state index contributed by atoms with van der Waals surface area (Å²) in [7, 11) is 0. The fourth-order valence-corrected chi connectivity index (χ4v) is 6.51. The number of fused-ring (bicyclic) bond motifs is 3. The van der Waals surface area contributed by atoms with Crippen molar-refractivity contribution < 1.29 is 9.21 Å². The van der Waals surface area contributed by atoms with E-state index in [1.807, 2.05) is 54.3 Å². The van der Waals surface area contributed by atoms with Gasteiger partial charge in [0.2, 0.25) is 0 Å². The molecule has 4 aromatic rings. The molecule has 1 aliphatic carbocycles. The summed E-state index contributed by atoms with van der Waals surface area (Å²) >= 11 is 1.44. The SMILES string of the molecule is CCn1c(=O)c2cc(C(=O)N(Cc3ccco3)[C@@H]3CCC[C@H](C)[C@H]3C)sc2c2ccccc21. The van der Waals surface area contributed by atoms with Gasteiger partial charge < -0.3 is 13.9 Å². The highest BCUT2D eigenvalue weighted by Crippen LogP contribution is 2.36. The number of furan rings is 1. The molecular formula is C27H30N2O3S. The summed E-state index contributed by atoms with van der Waals surface area (Å²) in [5.41, 5.74) is 0.888. The molecule has 33 heavy (non-hydrogen) atoms. The fraction of sp³-hybridized carbons (Fsp3) is 0.407. The molecule has 0 aliphatic heterocycles.